The lowest BCUT2D eigenvalue weighted by atomic mass is 9.94. The smallest absolute Gasteiger partial charge is 0.304 e. The second-order valence-corrected chi connectivity index (χ2v) is 10.2. The number of hydrogen-bond acceptors (Lipinski definition) is 6. The van der Waals surface area contributed by atoms with Gasteiger partial charge >= 0.3 is 5.97 Å². The molecule has 38 heavy (non-hydrogen) atoms. The molecule has 1 fully saturated rings. The summed E-state index contributed by atoms with van der Waals surface area (Å²) in [6, 6.07) is 18.0. The number of carboxylic acid groups (broad SMARTS) is 1. The first-order valence-corrected chi connectivity index (χ1v) is 13.1. The molecule has 0 radical (unpaired) electrons. The molecule has 0 bridgehead atoms. The SMILES string of the molecule is Cc1cc(OC[C@H]2C[C@H](O)CCO2)cc(C)c1-c1cccc(COc2ccc3c(c2)OCC3CC(=O)O)c1. The maximum absolute atomic E-state index is 11.1. The van der Waals surface area contributed by atoms with E-state index in [-0.39, 0.29) is 24.5 Å². The van der Waals surface area contributed by atoms with Crippen molar-refractivity contribution in [3.63, 3.8) is 0 Å². The van der Waals surface area contributed by atoms with Gasteiger partial charge in [-0.25, -0.2) is 0 Å². The van der Waals surface area contributed by atoms with E-state index in [1.807, 2.05) is 42.5 Å². The molecule has 7 heteroatoms. The number of fused-ring (bicyclic) bond motifs is 1. The molecule has 3 atom stereocenters. The first-order valence-electron chi connectivity index (χ1n) is 13.1. The fraction of sp³-hybridized carbons (Fsp3) is 0.387. The van der Waals surface area contributed by atoms with Gasteiger partial charge in [-0.05, 0) is 72.4 Å². The van der Waals surface area contributed by atoms with Crippen LogP contribution in [0.3, 0.4) is 0 Å². The van der Waals surface area contributed by atoms with Crippen LogP contribution in [0.15, 0.2) is 54.6 Å². The van der Waals surface area contributed by atoms with Crippen molar-refractivity contribution in [2.45, 2.75) is 57.8 Å². The number of aliphatic carboxylic acids is 1. The van der Waals surface area contributed by atoms with Crippen molar-refractivity contribution in [3.8, 4) is 28.4 Å². The fourth-order valence-corrected chi connectivity index (χ4v) is 5.34. The zero-order chi connectivity index (χ0) is 26.6. The van der Waals surface area contributed by atoms with E-state index in [0.29, 0.717) is 50.8 Å². The molecule has 1 saturated heterocycles. The van der Waals surface area contributed by atoms with Gasteiger partial charge in [0.1, 0.15) is 30.5 Å². The summed E-state index contributed by atoms with van der Waals surface area (Å²) in [5.41, 5.74) is 6.48. The Morgan fingerprint density at radius 1 is 1.03 bits per heavy atom. The normalized spacial score (nSPS) is 20.4. The highest BCUT2D eigenvalue weighted by Gasteiger charge is 2.26. The molecule has 0 saturated carbocycles. The molecule has 5 rings (SSSR count). The molecule has 2 aliphatic rings. The Bertz CT molecular complexity index is 1280. The largest absolute Gasteiger partial charge is 0.492 e. The van der Waals surface area contributed by atoms with Crippen LogP contribution in [0.2, 0.25) is 0 Å². The topological polar surface area (TPSA) is 94.5 Å². The molecule has 0 aliphatic carbocycles. The number of ether oxygens (including phenoxy) is 4. The lowest BCUT2D eigenvalue weighted by Gasteiger charge is -2.26. The van der Waals surface area contributed by atoms with Crippen LogP contribution in [0, 0.1) is 13.8 Å². The molecule has 2 aliphatic heterocycles. The quantitative estimate of drug-likeness (QED) is 0.391. The molecule has 0 amide bonds. The molecular formula is C31H34O7. The van der Waals surface area contributed by atoms with E-state index < -0.39 is 5.97 Å². The summed E-state index contributed by atoms with van der Waals surface area (Å²) in [5, 5.41) is 19.0. The van der Waals surface area contributed by atoms with Gasteiger partial charge in [-0.3, -0.25) is 4.79 Å². The molecule has 7 nitrogen and oxygen atoms in total. The third kappa shape index (κ3) is 6.11. The van der Waals surface area contributed by atoms with Gasteiger partial charge < -0.3 is 29.2 Å². The van der Waals surface area contributed by atoms with Gasteiger partial charge in [0, 0.05) is 30.6 Å². The van der Waals surface area contributed by atoms with E-state index in [9.17, 15) is 9.90 Å². The lowest BCUT2D eigenvalue weighted by Crippen LogP contribution is -2.33. The van der Waals surface area contributed by atoms with Crippen molar-refractivity contribution in [1.82, 2.24) is 0 Å². The van der Waals surface area contributed by atoms with Crippen LogP contribution < -0.4 is 14.2 Å². The number of hydrogen-bond donors (Lipinski definition) is 2. The van der Waals surface area contributed by atoms with E-state index in [2.05, 4.69) is 26.0 Å². The Balaban J connectivity index is 1.24. The first-order chi connectivity index (χ1) is 18.4. The first kappa shape index (κ1) is 26.1. The van der Waals surface area contributed by atoms with Gasteiger partial charge in [0.25, 0.3) is 0 Å². The number of rotatable bonds is 9. The van der Waals surface area contributed by atoms with Crippen LogP contribution in [0.4, 0.5) is 0 Å². The van der Waals surface area contributed by atoms with Gasteiger partial charge in [-0.1, -0.05) is 24.3 Å². The van der Waals surface area contributed by atoms with Crippen molar-refractivity contribution in [2.75, 3.05) is 19.8 Å². The summed E-state index contributed by atoms with van der Waals surface area (Å²) in [4.78, 5) is 11.1. The summed E-state index contributed by atoms with van der Waals surface area (Å²) in [6.07, 6.45) is 0.954. The zero-order valence-corrected chi connectivity index (χ0v) is 21.8. The van der Waals surface area contributed by atoms with Gasteiger partial charge in [0.15, 0.2) is 0 Å². The number of aliphatic hydroxyl groups is 1. The van der Waals surface area contributed by atoms with Crippen molar-refractivity contribution in [3.05, 3.63) is 76.9 Å². The Kier molecular flexibility index (Phi) is 7.86. The molecular weight excluding hydrogens is 484 g/mol. The van der Waals surface area contributed by atoms with Gasteiger partial charge in [0.05, 0.1) is 25.2 Å². The molecule has 0 aromatic heterocycles. The van der Waals surface area contributed by atoms with Crippen molar-refractivity contribution in [2.24, 2.45) is 0 Å². The second-order valence-electron chi connectivity index (χ2n) is 10.2. The van der Waals surface area contributed by atoms with Crippen molar-refractivity contribution < 1.29 is 34.0 Å². The summed E-state index contributed by atoms with van der Waals surface area (Å²) in [5.74, 6) is 1.24. The molecule has 3 aromatic carbocycles. The zero-order valence-electron chi connectivity index (χ0n) is 21.8. The Morgan fingerprint density at radius 3 is 2.61 bits per heavy atom. The van der Waals surface area contributed by atoms with Crippen LogP contribution in [0.1, 0.15) is 47.4 Å². The molecule has 1 unspecified atom stereocenters. The average Bonchev–Trinajstić information content (AvgIpc) is 3.27. The minimum atomic E-state index is -0.825. The minimum absolute atomic E-state index is 0.0605. The van der Waals surface area contributed by atoms with Gasteiger partial charge in [-0.2, -0.15) is 0 Å². The number of carboxylic acids is 1. The second kappa shape index (κ2) is 11.5. The molecule has 200 valence electrons. The Hall–Kier alpha value is -3.55. The van der Waals surface area contributed by atoms with Crippen LogP contribution in [0.5, 0.6) is 17.2 Å². The number of carbonyl (C=O) groups is 1. The third-order valence-electron chi connectivity index (χ3n) is 7.19. The van der Waals surface area contributed by atoms with Gasteiger partial charge in [0.2, 0.25) is 0 Å². The highest BCUT2D eigenvalue weighted by molar-refractivity contribution is 5.72. The number of benzene rings is 3. The van der Waals surface area contributed by atoms with E-state index >= 15 is 0 Å². The van der Waals surface area contributed by atoms with Crippen molar-refractivity contribution in [1.29, 1.82) is 0 Å². The summed E-state index contributed by atoms with van der Waals surface area (Å²) < 4.78 is 23.5. The predicted molar refractivity (Wildman–Crippen MR) is 143 cm³/mol. The van der Waals surface area contributed by atoms with E-state index in [4.69, 9.17) is 24.1 Å². The maximum Gasteiger partial charge on any atom is 0.304 e. The highest BCUT2D eigenvalue weighted by atomic mass is 16.5. The Labute approximate surface area is 222 Å². The Morgan fingerprint density at radius 2 is 1.84 bits per heavy atom. The fourth-order valence-electron chi connectivity index (χ4n) is 5.34. The molecule has 0 spiro atoms. The maximum atomic E-state index is 11.1. The summed E-state index contributed by atoms with van der Waals surface area (Å²) >= 11 is 0. The highest BCUT2D eigenvalue weighted by Crippen LogP contribution is 2.38. The average molecular weight is 519 g/mol. The van der Waals surface area contributed by atoms with E-state index in [0.717, 1.165) is 33.6 Å². The number of aliphatic hydroxyl groups excluding tert-OH is 1. The third-order valence-corrected chi connectivity index (χ3v) is 7.19. The standard InChI is InChI=1S/C31H34O7/c1-19-10-26(37-18-27-14-24(32)8-9-35-27)11-20(2)31(19)22-5-3-4-21(12-22)16-36-25-6-7-28-23(13-30(33)34)17-38-29(28)15-25/h3-7,10-12,15,23-24,27,32H,8-9,13-14,16-18H2,1-2H3,(H,33,34)/t23?,24-,27-/m1/s1. The minimum Gasteiger partial charge on any atom is -0.492 e. The summed E-state index contributed by atoms with van der Waals surface area (Å²) in [6.45, 7) is 5.95. The number of aryl methyl sites for hydroxylation is 2. The molecule has 2 heterocycles. The monoisotopic (exact) mass is 518 g/mol. The molecule has 2 N–H and O–H groups in total. The molecule has 3 aromatic rings. The van der Waals surface area contributed by atoms with Gasteiger partial charge in [-0.15, -0.1) is 0 Å². The lowest BCUT2D eigenvalue weighted by molar-refractivity contribution is -0.137. The van der Waals surface area contributed by atoms with E-state index in [1.54, 1.807) is 0 Å². The van der Waals surface area contributed by atoms with Crippen LogP contribution in [0.25, 0.3) is 11.1 Å². The van der Waals surface area contributed by atoms with Crippen LogP contribution in [-0.4, -0.2) is 48.2 Å². The van der Waals surface area contributed by atoms with Crippen molar-refractivity contribution >= 4 is 5.97 Å². The van der Waals surface area contributed by atoms with Crippen LogP contribution >= 0.6 is 0 Å². The summed E-state index contributed by atoms with van der Waals surface area (Å²) in [7, 11) is 0. The predicted octanol–water partition coefficient (Wildman–Crippen LogP) is 5.42. The van der Waals surface area contributed by atoms with E-state index in [1.165, 1.54) is 5.56 Å². The van der Waals surface area contributed by atoms with Crippen LogP contribution in [-0.2, 0) is 16.1 Å².